The van der Waals surface area contributed by atoms with E-state index in [0.717, 1.165) is 48.7 Å². The number of nitrogens with one attached hydrogen (secondary N) is 1. The summed E-state index contributed by atoms with van der Waals surface area (Å²) in [5, 5.41) is 3.25. The van der Waals surface area contributed by atoms with Gasteiger partial charge in [0.2, 0.25) is 0 Å². The lowest BCUT2D eigenvalue weighted by Gasteiger charge is -2.17. The lowest BCUT2D eigenvalue weighted by Crippen LogP contribution is -2.15. The first-order chi connectivity index (χ1) is 14.7. The van der Waals surface area contributed by atoms with Crippen LogP contribution in [0.4, 0.5) is 30.7 Å². The van der Waals surface area contributed by atoms with Crippen molar-refractivity contribution in [2.75, 3.05) is 6.54 Å². The molecule has 178 valence electrons. The summed E-state index contributed by atoms with van der Waals surface area (Å²) in [4.78, 5) is 0. The zero-order valence-electron chi connectivity index (χ0n) is 18.5. The van der Waals surface area contributed by atoms with Gasteiger partial charge in [-0.1, -0.05) is 33.8 Å². The maximum absolute atomic E-state index is 13.0. The van der Waals surface area contributed by atoms with Crippen molar-refractivity contribution in [3.8, 4) is 0 Å². The van der Waals surface area contributed by atoms with Gasteiger partial charge in [0.25, 0.3) is 0 Å². The van der Waals surface area contributed by atoms with Crippen molar-refractivity contribution in [2.45, 2.75) is 70.8 Å². The SMILES string of the molecule is CC(C)c1cc(C(F)(F)F)ccc1F.CC(C)c1cc(C2CCCN2)cc(C(F)(F)F)c1. The molecule has 0 radical (unpaired) electrons. The van der Waals surface area contributed by atoms with Crippen LogP contribution in [0, 0.1) is 5.82 Å². The molecule has 0 aliphatic carbocycles. The van der Waals surface area contributed by atoms with Crippen LogP contribution in [0.1, 0.15) is 86.2 Å². The molecular formula is C24H28F7N. The Hall–Kier alpha value is -2.09. The van der Waals surface area contributed by atoms with Gasteiger partial charge in [0, 0.05) is 6.04 Å². The molecule has 1 saturated heterocycles. The number of benzene rings is 2. The van der Waals surface area contributed by atoms with Crippen molar-refractivity contribution in [1.29, 1.82) is 0 Å². The van der Waals surface area contributed by atoms with Gasteiger partial charge >= 0.3 is 12.4 Å². The van der Waals surface area contributed by atoms with Crippen molar-refractivity contribution >= 4 is 0 Å². The van der Waals surface area contributed by atoms with Gasteiger partial charge < -0.3 is 5.32 Å². The first-order valence-corrected chi connectivity index (χ1v) is 10.5. The minimum absolute atomic E-state index is 0.0739. The number of hydrogen-bond acceptors (Lipinski definition) is 1. The topological polar surface area (TPSA) is 12.0 Å². The third-order valence-corrected chi connectivity index (χ3v) is 5.38. The molecule has 1 N–H and O–H groups in total. The maximum Gasteiger partial charge on any atom is 0.416 e. The second-order valence-electron chi connectivity index (χ2n) is 8.58. The smallest absolute Gasteiger partial charge is 0.310 e. The molecule has 32 heavy (non-hydrogen) atoms. The molecule has 8 heteroatoms. The van der Waals surface area contributed by atoms with Crippen molar-refractivity contribution in [3.05, 3.63) is 70.0 Å². The van der Waals surface area contributed by atoms with E-state index in [1.165, 1.54) is 12.1 Å². The quantitative estimate of drug-likeness (QED) is 0.452. The molecule has 1 aliphatic rings. The Bertz CT molecular complexity index is 892. The van der Waals surface area contributed by atoms with Gasteiger partial charge in [0.15, 0.2) is 0 Å². The van der Waals surface area contributed by atoms with Crippen molar-refractivity contribution in [3.63, 3.8) is 0 Å². The summed E-state index contributed by atoms with van der Waals surface area (Å²) in [6.45, 7) is 8.03. The molecule has 1 unspecified atom stereocenters. The molecule has 0 amide bonds. The summed E-state index contributed by atoms with van der Waals surface area (Å²) in [7, 11) is 0. The van der Waals surface area contributed by atoms with Crippen LogP contribution in [0.2, 0.25) is 0 Å². The van der Waals surface area contributed by atoms with Crippen LogP contribution >= 0.6 is 0 Å². The van der Waals surface area contributed by atoms with Crippen LogP contribution in [-0.4, -0.2) is 6.54 Å². The Morgan fingerprint density at radius 3 is 1.91 bits per heavy atom. The average molecular weight is 463 g/mol. The highest BCUT2D eigenvalue weighted by molar-refractivity contribution is 5.35. The number of halogens is 7. The molecule has 1 fully saturated rings. The summed E-state index contributed by atoms with van der Waals surface area (Å²) in [6.07, 6.45) is -6.73. The van der Waals surface area contributed by atoms with E-state index < -0.39 is 29.3 Å². The minimum atomic E-state index is -4.41. The third kappa shape index (κ3) is 6.95. The molecule has 0 aromatic heterocycles. The summed E-state index contributed by atoms with van der Waals surface area (Å²) in [6, 6.07) is 7.00. The summed E-state index contributed by atoms with van der Waals surface area (Å²) in [5.74, 6) is -0.738. The predicted molar refractivity (Wildman–Crippen MR) is 111 cm³/mol. The van der Waals surface area contributed by atoms with E-state index in [1.54, 1.807) is 13.8 Å². The molecule has 1 aliphatic heterocycles. The molecule has 1 atom stereocenters. The van der Waals surface area contributed by atoms with Crippen LogP contribution in [0.15, 0.2) is 36.4 Å². The van der Waals surface area contributed by atoms with E-state index in [1.807, 2.05) is 19.9 Å². The molecule has 1 heterocycles. The first kappa shape index (κ1) is 26.2. The molecule has 0 spiro atoms. The Balaban J connectivity index is 0.000000235. The molecule has 3 rings (SSSR count). The van der Waals surface area contributed by atoms with E-state index in [-0.39, 0.29) is 23.4 Å². The minimum Gasteiger partial charge on any atom is -0.310 e. The standard InChI is InChI=1S/C14H18F3N.C10H10F4/c1-9(2)10-6-11(13-4-3-5-18-13)8-12(7-10)14(15,16)17;1-6(2)8-5-7(10(12,13)14)3-4-9(8)11/h6-9,13,18H,3-5H2,1-2H3;3-6H,1-2H3. The van der Waals surface area contributed by atoms with Gasteiger partial charge in [-0.25, -0.2) is 4.39 Å². The van der Waals surface area contributed by atoms with Gasteiger partial charge in [-0.05, 0) is 78.2 Å². The summed E-state index contributed by atoms with van der Waals surface area (Å²) < 4.78 is 88.4. The van der Waals surface area contributed by atoms with E-state index >= 15 is 0 Å². The Labute approximate surface area is 184 Å². The molecule has 0 bridgehead atoms. The lowest BCUT2D eigenvalue weighted by atomic mass is 9.94. The fourth-order valence-corrected chi connectivity index (χ4v) is 3.51. The average Bonchev–Trinajstić information content (AvgIpc) is 3.21. The van der Waals surface area contributed by atoms with Crippen LogP contribution < -0.4 is 5.32 Å². The zero-order valence-corrected chi connectivity index (χ0v) is 18.5. The third-order valence-electron chi connectivity index (χ3n) is 5.38. The van der Waals surface area contributed by atoms with Crippen molar-refractivity contribution in [2.24, 2.45) is 0 Å². The maximum atomic E-state index is 13.0. The number of rotatable bonds is 3. The van der Waals surface area contributed by atoms with Crippen molar-refractivity contribution in [1.82, 2.24) is 5.32 Å². The zero-order chi connectivity index (χ0) is 24.3. The largest absolute Gasteiger partial charge is 0.416 e. The van der Waals surface area contributed by atoms with Crippen LogP contribution in [-0.2, 0) is 12.4 Å². The Kier molecular flexibility index (Phi) is 8.37. The van der Waals surface area contributed by atoms with Crippen LogP contribution in [0.5, 0.6) is 0 Å². The van der Waals surface area contributed by atoms with E-state index in [2.05, 4.69) is 5.32 Å². The van der Waals surface area contributed by atoms with Gasteiger partial charge in [0.1, 0.15) is 5.82 Å². The number of alkyl halides is 6. The molecule has 2 aromatic carbocycles. The van der Waals surface area contributed by atoms with E-state index in [9.17, 15) is 30.7 Å². The Morgan fingerprint density at radius 2 is 1.44 bits per heavy atom. The fourth-order valence-electron chi connectivity index (χ4n) is 3.51. The van der Waals surface area contributed by atoms with E-state index in [0.29, 0.717) is 0 Å². The highest BCUT2D eigenvalue weighted by Gasteiger charge is 2.33. The second-order valence-corrected chi connectivity index (χ2v) is 8.58. The van der Waals surface area contributed by atoms with Gasteiger partial charge in [0.05, 0.1) is 11.1 Å². The van der Waals surface area contributed by atoms with Gasteiger partial charge in [-0.2, -0.15) is 26.3 Å². The normalized spacial score (nSPS) is 17.0. The molecule has 0 saturated carbocycles. The molecular weight excluding hydrogens is 435 g/mol. The Morgan fingerprint density at radius 1 is 0.812 bits per heavy atom. The predicted octanol–water partition coefficient (Wildman–Crippen LogP) is 8.22. The second kappa shape index (κ2) is 10.2. The fraction of sp³-hybridized carbons (Fsp3) is 0.500. The monoisotopic (exact) mass is 463 g/mol. The van der Waals surface area contributed by atoms with E-state index in [4.69, 9.17) is 0 Å². The summed E-state index contributed by atoms with van der Waals surface area (Å²) in [5.41, 5.74) is 0.291. The van der Waals surface area contributed by atoms with Gasteiger partial charge in [-0.3, -0.25) is 0 Å². The lowest BCUT2D eigenvalue weighted by molar-refractivity contribution is -0.138. The first-order valence-electron chi connectivity index (χ1n) is 10.5. The number of hydrogen-bond donors (Lipinski definition) is 1. The molecule has 2 aromatic rings. The highest BCUT2D eigenvalue weighted by atomic mass is 19.4. The van der Waals surface area contributed by atoms with Crippen LogP contribution in [0.25, 0.3) is 0 Å². The molecule has 1 nitrogen and oxygen atoms in total. The highest BCUT2D eigenvalue weighted by Crippen LogP contribution is 2.35. The summed E-state index contributed by atoms with van der Waals surface area (Å²) >= 11 is 0. The van der Waals surface area contributed by atoms with Gasteiger partial charge in [-0.15, -0.1) is 0 Å². The van der Waals surface area contributed by atoms with Crippen LogP contribution in [0.3, 0.4) is 0 Å². The van der Waals surface area contributed by atoms with Crippen molar-refractivity contribution < 1.29 is 30.7 Å².